The van der Waals surface area contributed by atoms with Crippen molar-refractivity contribution >= 4 is 0 Å². The minimum absolute atomic E-state index is 0.0386. The molecule has 0 bridgehead atoms. The van der Waals surface area contributed by atoms with Crippen LogP contribution in [0.4, 0.5) is 4.39 Å². The largest absolute Gasteiger partial charge is 0.328 e. The van der Waals surface area contributed by atoms with E-state index in [1.807, 2.05) is 13.2 Å². The lowest BCUT2D eigenvalue weighted by Gasteiger charge is -2.17. The molecule has 1 heterocycles. The van der Waals surface area contributed by atoms with Crippen molar-refractivity contribution in [2.24, 2.45) is 12.8 Å². The Morgan fingerprint density at radius 1 is 1.79 bits per heavy atom. The highest BCUT2D eigenvalue weighted by molar-refractivity contribution is 5.10. The zero-order valence-corrected chi connectivity index (χ0v) is 8.41. The standard InChI is InChI=1S/C10H16FN3/c1-14-7-8(6-13-14)4-10(11)3-2-9(12)5-10/h6-7,9H,2-5,12H2,1H3. The summed E-state index contributed by atoms with van der Waals surface area (Å²) in [6.07, 6.45) is 5.92. The molecule has 1 aliphatic carbocycles. The summed E-state index contributed by atoms with van der Waals surface area (Å²) in [5.74, 6) is 0. The molecule has 2 unspecified atom stereocenters. The molecule has 2 rings (SSSR count). The molecule has 1 aliphatic rings. The van der Waals surface area contributed by atoms with Crippen LogP contribution in [-0.2, 0) is 13.5 Å². The van der Waals surface area contributed by atoms with Crippen LogP contribution in [0.3, 0.4) is 0 Å². The molecule has 0 spiro atoms. The third-order valence-corrected chi connectivity index (χ3v) is 2.87. The van der Waals surface area contributed by atoms with Gasteiger partial charge in [0.25, 0.3) is 0 Å². The average Bonchev–Trinajstić information content (AvgIpc) is 2.60. The molecule has 0 aromatic carbocycles. The molecule has 0 radical (unpaired) electrons. The van der Waals surface area contributed by atoms with E-state index in [0.29, 0.717) is 19.3 Å². The predicted molar refractivity (Wildman–Crippen MR) is 52.6 cm³/mol. The van der Waals surface area contributed by atoms with Gasteiger partial charge >= 0.3 is 0 Å². The van der Waals surface area contributed by atoms with E-state index >= 15 is 0 Å². The van der Waals surface area contributed by atoms with Crippen molar-refractivity contribution in [3.8, 4) is 0 Å². The maximum atomic E-state index is 14.1. The fourth-order valence-corrected chi connectivity index (χ4v) is 2.21. The average molecular weight is 197 g/mol. The molecule has 0 saturated heterocycles. The zero-order chi connectivity index (χ0) is 10.2. The zero-order valence-electron chi connectivity index (χ0n) is 8.41. The van der Waals surface area contributed by atoms with E-state index in [4.69, 9.17) is 5.73 Å². The Morgan fingerprint density at radius 3 is 3.07 bits per heavy atom. The molecule has 0 aliphatic heterocycles. The van der Waals surface area contributed by atoms with Crippen molar-refractivity contribution in [3.05, 3.63) is 18.0 Å². The summed E-state index contributed by atoms with van der Waals surface area (Å²) in [6, 6.07) is 0.0386. The van der Waals surface area contributed by atoms with Gasteiger partial charge in [-0.1, -0.05) is 0 Å². The third kappa shape index (κ3) is 1.95. The number of nitrogens with two attached hydrogens (primary N) is 1. The fraction of sp³-hybridized carbons (Fsp3) is 0.700. The molecule has 78 valence electrons. The van der Waals surface area contributed by atoms with Crippen LogP contribution in [0, 0.1) is 0 Å². The molecular weight excluding hydrogens is 181 g/mol. The van der Waals surface area contributed by atoms with Crippen molar-refractivity contribution in [3.63, 3.8) is 0 Å². The normalized spacial score (nSPS) is 32.4. The molecule has 1 aromatic heterocycles. The highest BCUT2D eigenvalue weighted by Crippen LogP contribution is 2.35. The van der Waals surface area contributed by atoms with Gasteiger partial charge in [-0.3, -0.25) is 4.68 Å². The Balaban J connectivity index is 2.03. The lowest BCUT2D eigenvalue weighted by Crippen LogP contribution is -2.25. The Hall–Kier alpha value is -0.900. The topological polar surface area (TPSA) is 43.8 Å². The summed E-state index contributed by atoms with van der Waals surface area (Å²) in [7, 11) is 1.84. The number of nitrogens with zero attached hydrogens (tertiary/aromatic N) is 2. The van der Waals surface area contributed by atoms with Gasteiger partial charge in [-0.05, 0) is 24.8 Å². The predicted octanol–water partition coefficient (Wildman–Crippen LogP) is 1.18. The number of rotatable bonds is 2. The molecule has 0 amide bonds. The molecule has 14 heavy (non-hydrogen) atoms. The number of hydrogen-bond donors (Lipinski definition) is 1. The molecule has 1 fully saturated rings. The van der Waals surface area contributed by atoms with Gasteiger partial charge in [0.1, 0.15) is 5.67 Å². The quantitative estimate of drug-likeness (QED) is 0.773. The molecule has 3 nitrogen and oxygen atoms in total. The van der Waals surface area contributed by atoms with Gasteiger partial charge in [-0.2, -0.15) is 5.10 Å². The van der Waals surface area contributed by atoms with E-state index in [9.17, 15) is 4.39 Å². The fourth-order valence-electron chi connectivity index (χ4n) is 2.21. The van der Waals surface area contributed by atoms with Crippen molar-refractivity contribution < 1.29 is 4.39 Å². The van der Waals surface area contributed by atoms with Crippen LogP contribution in [0.15, 0.2) is 12.4 Å². The van der Waals surface area contributed by atoms with Crippen LogP contribution in [-0.4, -0.2) is 21.5 Å². The first-order valence-electron chi connectivity index (χ1n) is 4.99. The van der Waals surface area contributed by atoms with Crippen molar-refractivity contribution in [1.82, 2.24) is 9.78 Å². The Kier molecular flexibility index (Phi) is 2.31. The monoisotopic (exact) mass is 197 g/mol. The van der Waals surface area contributed by atoms with Gasteiger partial charge in [0.05, 0.1) is 6.20 Å². The van der Waals surface area contributed by atoms with Gasteiger partial charge < -0.3 is 5.73 Å². The summed E-state index contributed by atoms with van der Waals surface area (Å²) in [4.78, 5) is 0. The summed E-state index contributed by atoms with van der Waals surface area (Å²) < 4.78 is 15.8. The van der Waals surface area contributed by atoms with Gasteiger partial charge in [0.2, 0.25) is 0 Å². The minimum Gasteiger partial charge on any atom is -0.328 e. The third-order valence-electron chi connectivity index (χ3n) is 2.87. The molecule has 4 heteroatoms. The Labute approximate surface area is 83.1 Å². The second-order valence-electron chi connectivity index (χ2n) is 4.35. The first kappa shape index (κ1) is 9.65. The van der Waals surface area contributed by atoms with E-state index < -0.39 is 5.67 Å². The molecular formula is C10H16FN3. The Morgan fingerprint density at radius 2 is 2.57 bits per heavy atom. The van der Waals surface area contributed by atoms with Crippen molar-refractivity contribution in [2.75, 3.05) is 0 Å². The highest BCUT2D eigenvalue weighted by atomic mass is 19.1. The minimum atomic E-state index is -1.09. The van der Waals surface area contributed by atoms with Crippen LogP contribution in [0.1, 0.15) is 24.8 Å². The van der Waals surface area contributed by atoms with Gasteiger partial charge in [0, 0.05) is 25.7 Å². The first-order chi connectivity index (χ1) is 6.57. The lowest BCUT2D eigenvalue weighted by atomic mass is 9.96. The van der Waals surface area contributed by atoms with E-state index in [-0.39, 0.29) is 6.04 Å². The van der Waals surface area contributed by atoms with Crippen molar-refractivity contribution in [1.29, 1.82) is 0 Å². The molecule has 2 atom stereocenters. The molecule has 2 N–H and O–H groups in total. The van der Waals surface area contributed by atoms with E-state index in [1.165, 1.54) is 0 Å². The number of aryl methyl sites for hydroxylation is 1. The summed E-state index contributed by atoms with van der Waals surface area (Å²) in [5.41, 5.74) is 5.58. The van der Waals surface area contributed by atoms with E-state index in [0.717, 1.165) is 12.0 Å². The van der Waals surface area contributed by atoms with Crippen LogP contribution in [0.5, 0.6) is 0 Å². The lowest BCUT2D eigenvalue weighted by molar-refractivity contribution is 0.170. The number of halogens is 1. The van der Waals surface area contributed by atoms with E-state index in [2.05, 4.69) is 5.10 Å². The van der Waals surface area contributed by atoms with E-state index in [1.54, 1.807) is 10.9 Å². The first-order valence-corrected chi connectivity index (χ1v) is 4.99. The second-order valence-corrected chi connectivity index (χ2v) is 4.35. The van der Waals surface area contributed by atoms with Crippen LogP contribution >= 0.6 is 0 Å². The van der Waals surface area contributed by atoms with Crippen molar-refractivity contribution in [2.45, 2.75) is 37.4 Å². The summed E-state index contributed by atoms with van der Waals surface area (Å²) in [5, 5.41) is 4.03. The summed E-state index contributed by atoms with van der Waals surface area (Å²) >= 11 is 0. The van der Waals surface area contributed by atoms with Gasteiger partial charge in [-0.25, -0.2) is 4.39 Å². The van der Waals surface area contributed by atoms with Crippen LogP contribution < -0.4 is 5.73 Å². The number of aromatic nitrogens is 2. The SMILES string of the molecule is Cn1cc(CC2(F)CCC(N)C2)cn1. The maximum Gasteiger partial charge on any atom is 0.116 e. The van der Waals surface area contributed by atoms with Crippen LogP contribution in [0.2, 0.25) is 0 Å². The highest BCUT2D eigenvalue weighted by Gasteiger charge is 2.38. The molecule has 1 saturated carbocycles. The summed E-state index contributed by atoms with van der Waals surface area (Å²) in [6.45, 7) is 0. The molecule has 1 aromatic rings. The van der Waals surface area contributed by atoms with Gasteiger partial charge in [-0.15, -0.1) is 0 Å². The number of alkyl halides is 1. The van der Waals surface area contributed by atoms with Crippen LogP contribution in [0.25, 0.3) is 0 Å². The maximum absolute atomic E-state index is 14.1. The van der Waals surface area contributed by atoms with Gasteiger partial charge in [0.15, 0.2) is 0 Å². The Bertz CT molecular complexity index is 323. The number of hydrogen-bond acceptors (Lipinski definition) is 2. The smallest absolute Gasteiger partial charge is 0.116 e. The second kappa shape index (κ2) is 3.35.